The summed E-state index contributed by atoms with van der Waals surface area (Å²) in [4.78, 5) is 2.65. The smallest absolute Gasteiger partial charge is 0.0695 e. The maximum absolute atomic E-state index is 10.4. The molecule has 1 aliphatic carbocycles. The monoisotopic (exact) mass is 253 g/mol. The van der Waals surface area contributed by atoms with E-state index in [1.54, 1.807) is 0 Å². The number of likely N-dealkylation sites (tertiary alicyclic amines) is 1. The normalized spacial score (nSPS) is 38.5. The van der Waals surface area contributed by atoms with Crippen molar-refractivity contribution < 1.29 is 5.11 Å². The molecule has 1 saturated carbocycles. The summed E-state index contributed by atoms with van der Waals surface area (Å²) in [6.07, 6.45) is 8.73. The predicted octanol–water partition coefficient (Wildman–Crippen LogP) is 3.44. The van der Waals surface area contributed by atoms with Crippen molar-refractivity contribution in [2.45, 2.75) is 83.9 Å². The summed E-state index contributed by atoms with van der Waals surface area (Å²) >= 11 is 0. The highest BCUT2D eigenvalue weighted by Gasteiger charge is 2.39. The molecule has 0 amide bonds. The lowest BCUT2D eigenvalue weighted by Gasteiger charge is -2.42. The highest BCUT2D eigenvalue weighted by atomic mass is 16.3. The van der Waals surface area contributed by atoms with Gasteiger partial charge in [0.2, 0.25) is 0 Å². The second kappa shape index (κ2) is 6.38. The van der Waals surface area contributed by atoms with Crippen LogP contribution in [0.3, 0.4) is 0 Å². The molecule has 4 unspecified atom stereocenters. The lowest BCUT2D eigenvalue weighted by molar-refractivity contribution is -0.0113. The number of rotatable bonds is 4. The molecule has 4 atom stereocenters. The molecule has 0 aromatic rings. The van der Waals surface area contributed by atoms with E-state index < -0.39 is 0 Å². The van der Waals surface area contributed by atoms with Gasteiger partial charge in [0.25, 0.3) is 0 Å². The summed E-state index contributed by atoms with van der Waals surface area (Å²) in [6.45, 7) is 8.17. The number of hydrogen-bond acceptors (Lipinski definition) is 2. The van der Waals surface area contributed by atoms with E-state index in [2.05, 4.69) is 25.7 Å². The Morgan fingerprint density at radius 3 is 2.67 bits per heavy atom. The predicted molar refractivity (Wildman–Crippen MR) is 76.6 cm³/mol. The van der Waals surface area contributed by atoms with Crippen LogP contribution in [0.4, 0.5) is 0 Å². The summed E-state index contributed by atoms with van der Waals surface area (Å²) < 4.78 is 0. The van der Waals surface area contributed by atoms with Crippen molar-refractivity contribution in [3.63, 3.8) is 0 Å². The molecule has 106 valence electrons. The summed E-state index contributed by atoms with van der Waals surface area (Å²) in [5, 5.41) is 10.4. The second-order valence-electron chi connectivity index (χ2n) is 6.79. The molecule has 1 saturated heterocycles. The molecule has 0 aromatic heterocycles. The molecule has 1 aliphatic heterocycles. The number of aliphatic hydroxyl groups excluding tert-OH is 1. The molecule has 1 N–H and O–H groups in total. The molecular weight excluding hydrogens is 222 g/mol. The van der Waals surface area contributed by atoms with Gasteiger partial charge in [-0.3, -0.25) is 4.90 Å². The van der Waals surface area contributed by atoms with E-state index in [4.69, 9.17) is 0 Å². The minimum absolute atomic E-state index is 0.0718. The standard InChI is InChI=1S/C16H31NO/c1-4-6-13-8-9-16(18)15(11-13)17-10-5-7-14(17)12(2)3/h12-16,18H,4-11H2,1-3H3. The molecule has 0 aromatic carbocycles. The van der Waals surface area contributed by atoms with Gasteiger partial charge in [0.15, 0.2) is 0 Å². The van der Waals surface area contributed by atoms with Crippen molar-refractivity contribution in [2.75, 3.05) is 6.54 Å². The molecule has 18 heavy (non-hydrogen) atoms. The summed E-state index contributed by atoms with van der Waals surface area (Å²) in [5.74, 6) is 1.59. The number of hydrogen-bond donors (Lipinski definition) is 1. The van der Waals surface area contributed by atoms with Gasteiger partial charge in [-0.25, -0.2) is 0 Å². The van der Waals surface area contributed by atoms with Crippen molar-refractivity contribution in [1.82, 2.24) is 4.90 Å². The van der Waals surface area contributed by atoms with Gasteiger partial charge >= 0.3 is 0 Å². The van der Waals surface area contributed by atoms with Gasteiger partial charge in [-0.05, 0) is 50.5 Å². The molecule has 2 nitrogen and oxygen atoms in total. The Morgan fingerprint density at radius 2 is 2.00 bits per heavy atom. The molecule has 0 radical (unpaired) electrons. The Labute approximate surface area is 113 Å². The van der Waals surface area contributed by atoms with E-state index in [1.165, 1.54) is 45.1 Å². The van der Waals surface area contributed by atoms with Crippen molar-refractivity contribution in [1.29, 1.82) is 0 Å². The SMILES string of the molecule is CCCC1CCC(O)C(N2CCCC2C(C)C)C1. The van der Waals surface area contributed by atoms with Gasteiger partial charge in [0.05, 0.1) is 6.10 Å². The number of aliphatic hydroxyl groups is 1. The van der Waals surface area contributed by atoms with Crippen LogP contribution in [-0.4, -0.2) is 34.7 Å². The first-order chi connectivity index (χ1) is 8.63. The summed E-state index contributed by atoms with van der Waals surface area (Å²) in [6, 6.07) is 1.16. The zero-order chi connectivity index (χ0) is 13.1. The first kappa shape index (κ1) is 14.3. The fraction of sp³-hybridized carbons (Fsp3) is 1.00. The average molecular weight is 253 g/mol. The largest absolute Gasteiger partial charge is 0.391 e. The first-order valence-electron chi connectivity index (χ1n) is 8.07. The Bertz CT molecular complexity index is 253. The quantitative estimate of drug-likeness (QED) is 0.829. The lowest BCUT2D eigenvalue weighted by Crippen LogP contribution is -2.50. The van der Waals surface area contributed by atoms with Crippen LogP contribution in [0.5, 0.6) is 0 Å². The fourth-order valence-corrected chi connectivity index (χ4v) is 4.18. The van der Waals surface area contributed by atoms with E-state index >= 15 is 0 Å². The second-order valence-corrected chi connectivity index (χ2v) is 6.79. The highest BCUT2D eigenvalue weighted by molar-refractivity contribution is 4.93. The molecule has 1 heterocycles. The Balaban J connectivity index is 2.00. The van der Waals surface area contributed by atoms with Crippen LogP contribution in [0.2, 0.25) is 0 Å². The van der Waals surface area contributed by atoms with E-state index in [1.807, 2.05) is 0 Å². The van der Waals surface area contributed by atoms with Crippen LogP contribution in [0.1, 0.15) is 65.7 Å². The van der Waals surface area contributed by atoms with Crippen molar-refractivity contribution in [2.24, 2.45) is 11.8 Å². The van der Waals surface area contributed by atoms with E-state index in [0.29, 0.717) is 12.1 Å². The van der Waals surface area contributed by atoms with Gasteiger partial charge in [-0.15, -0.1) is 0 Å². The van der Waals surface area contributed by atoms with Crippen molar-refractivity contribution in [3.05, 3.63) is 0 Å². The van der Waals surface area contributed by atoms with Gasteiger partial charge in [0, 0.05) is 12.1 Å². The van der Waals surface area contributed by atoms with Gasteiger partial charge in [0.1, 0.15) is 0 Å². The van der Waals surface area contributed by atoms with Crippen molar-refractivity contribution in [3.8, 4) is 0 Å². The average Bonchev–Trinajstić information content (AvgIpc) is 2.81. The van der Waals surface area contributed by atoms with Gasteiger partial charge in [-0.1, -0.05) is 33.6 Å². The van der Waals surface area contributed by atoms with Gasteiger partial charge in [-0.2, -0.15) is 0 Å². The third-order valence-electron chi connectivity index (χ3n) is 5.12. The zero-order valence-electron chi connectivity index (χ0n) is 12.4. The zero-order valence-corrected chi connectivity index (χ0v) is 12.4. The molecule has 0 bridgehead atoms. The van der Waals surface area contributed by atoms with Crippen LogP contribution < -0.4 is 0 Å². The molecule has 2 heteroatoms. The van der Waals surface area contributed by atoms with Crippen LogP contribution >= 0.6 is 0 Å². The third kappa shape index (κ3) is 3.08. The maximum Gasteiger partial charge on any atom is 0.0695 e. The minimum Gasteiger partial charge on any atom is -0.391 e. The molecular formula is C16H31NO. The fourth-order valence-electron chi connectivity index (χ4n) is 4.18. The molecule has 0 spiro atoms. The molecule has 2 fully saturated rings. The van der Waals surface area contributed by atoms with Crippen molar-refractivity contribution >= 4 is 0 Å². The lowest BCUT2D eigenvalue weighted by atomic mass is 9.80. The van der Waals surface area contributed by atoms with E-state index in [0.717, 1.165) is 18.3 Å². The van der Waals surface area contributed by atoms with E-state index in [9.17, 15) is 5.11 Å². The maximum atomic E-state index is 10.4. The van der Waals surface area contributed by atoms with Gasteiger partial charge < -0.3 is 5.11 Å². The van der Waals surface area contributed by atoms with Crippen LogP contribution in [0.25, 0.3) is 0 Å². The summed E-state index contributed by atoms with van der Waals surface area (Å²) in [7, 11) is 0. The minimum atomic E-state index is -0.0718. The first-order valence-corrected chi connectivity index (χ1v) is 8.07. The topological polar surface area (TPSA) is 23.5 Å². The third-order valence-corrected chi connectivity index (χ3v) is 5.12. The highest BCUT2D eigenvalue weighted by Crippen LogP contribution is 2.36. The number of nitrogens with zero attached hydrogens (tertiary/aromatic N) is 1. The van der Waals surface area contributed by atoms with Crippen LogP contribution in [-0.2, 0) is 0 Å². The molecule has 2 rings (SSSR count). The Kier molecular flexibility index (Phi) is 5.08. The molecule has 2 aliphatic rings. The Hall–Kier alpha value is -0.0800. The van der Waals surface area contributed by atoms with E-state index in [-0.39, 0.29) is 6.10 Å². The summed E-state index contributed by atoms with van der Waals surface area (Å²) in [5.41, 5.74) is 0. The van der Waals surface area contributed by atoms with Crippen LogP contribution in [0.15, 0.2) is 0 Å². The Morgan fingerprint density at radius 1 is 1.22 bits per heavy atom. The van der Waals surface area contributed by atoms with Crippen LogP contribution in [0, 0.1) is 11.8 Å².